The summed E-state index contributed by atoms with van der Waals surface area (Å²) in [4.78, 5) is 48.7. The Morgan fingerprint density at radius 3 is 2.39 bits per heavy atom. The number of hydrogen-bond acceptors (Lipinski definition) is 11. The van der Waals surface area contributed by atoms with Crippen molar-refractivity contribution in [3.8, 4) is 21.9 Å². The maximum Gasteiger partial charge on any atom is 0.411 e. The maximum absolute atomic E-state index is 14.3. The first-order chi connectivity index (χ1) is 26.7. The summed E-state index contributed by atoms with van der Waals surface area (Å²) in [7, 11) is 0. The average molecular weight is 792 g/mol. The molecule has 1 N–H and O–H groups in total. The molecule has 1 fully saturated rings. The summed E-state index contributed by atoms with van der Waals surface area (Å²) in [5, 5.41) is 11.1. The smallest absolute Gasteiger partial charge is 0.411 e. The first-order valence-corrected chi connectivity index (χ1v) is 18.7. The molecule has 1 atom stereocenters. The molecule has 12 nitrogen and oxygen atoms in total. The summed E-state index contributed by atoms with van der Waals surface area (Å²) in [6.45, 7) is 8.74. The van der Waals surface area contributed by atoms with E-state index in [-0.39, 0.29) is 78.6 Å². The zero-order valence-corrected chi connectivity index (χ0v) is 32.2. The Balaban J connectivity index is 1.54. The number of aryl methyl sites for hydroxylation is 3. The predicted octanol–water partition coefficient (Wildman–Crippen LogP) is 7.79. The first kappa shape index (κ1) is 40.1. The number of thiophene rings is 1. The number of halogens is 3. The van der Waals surface area contributed by atoms with Gasteiger partial charge in [0.1, 0.15) is 17.5 Å². The fourth-order valence-corrected chi connectivity index (χ4v) is 7.14. The Labute approximate surface area is 325 Å². The van der Waals surface area contributed by atoms with Gasteiger partial charge in [0.25, 0.3) is 5.91 Å². The largest absolute Gasteiger partial charge is 0.462 e. The average Bonchev–Trinajstić information content (AvgIpc) is 3.83. The summed E-state index contributed by atoms with van der Waals surface area (Å²) in [6.07, 6.45) is -0.0211. The van der Waals surface area contributed by atoms with Gasteiger partial charge in [0, 0.05) is 30.5 Å². The van der Waals surface area contributed by atoms with Gasteiger partial charge in [0.15, 0.2) is 11.6 Å². The summed E-state index contributed by atoms with van der Waals surface area (Å²) in [5.74, 6) is -3.44. The van der Waals surface area contributed by atoms with Gasteiger partial charge in [-0.3, -0.25) is 14.7 Å². The molecular formula is C40H40F3N5O7S. The van der Waals surface area contributed by atoms with Gasteiger partial charge in [0.2, 0.25) is 11.8 Å². The molecule has 6 rings (SSSR count). The molecule has 2 amide bonds. The summed E-state index contributed by atoms with van der Waals surface area (Å²) in [6, 6.07) is 11.7. The number of amides is 2. The van der Waals surface area contributed by atoms with Crippen LogP contribution >= 0.6 is 11.3 Å². The van der Waals surface area contributed by atoms with Crippen LogP contribution in [0, 0.1) is 24.4 Å². The molecule has 0 bridgehead atoms. The quantitative estimate of drug-likeness (QED) is 0.132. The van der Waals surface area contributed by atoms with E-state index in [0.717, 1.165) is 29.0 Å². The SMILES string of the molecule is CCOC(=O)c1c([C@@H]2COCCN2C(=O)OC(C)(C)C)nc(CCc2ccc(F)cc2)c(-c2nnc(C)o2)c1-c1ccc(C(=O)NCc2ccc(F)c(F)c2)s1. The highest BCUT2D eigenvalue weighted by molar-refractivity contribution is 7.17. The summed E-state index contributed by atoms with van der Waals surface area (Å²) >= 11 is 1.05. The lowest BCUT2D eigenvalue weighted by molar-refractivity contribution is -0.0344. The lowest BCUT2D eigenvalue weighted by atomic mass is 9.91. The number of benzene rings is 2. The lowest BCUT2D eigenvalue weighted by Gasteiger charge is -2.37. The molecule has 0 spiro atoms. The van der Waals surface area contributed by atoms with Crippen LogP contribution in [-0.4, -0.2) is 70.0 Å². The van der Waals surface area contributed by atoms with Crippen molar-refractivity contribution in [3.63, 3.8) is 0 Å². The molecule has 56 heavy (non-hydrogen) atoms. The van der Waals surface area contributed by atoms with Gasteiger partial charge in [-0.2, -0.15) is 0 Å². The van der Waals surface area contributed by atoms with Crippen molar-refractivity contribution < 1.29 is 46.2 Å². The van der Waals surface area contributed by atoms with Gasteiger partial charge < -0.3 is 23.9 Å². The van der Waals surface area contributed by atoms with Gasteiger partial charge in [-0.1, -0.05) is 18.2 Å². The molecule has 0 aliphatic carbocycles. The first-order valence-electron chi connectivity index (χ1n) is 17.9. The predicted molar refractivity (Wildman–Crippen MR) is 199 cm³/mol. The van der Waals surface area contributed by atoms with Crippen LogP contribution in [0.5, 0.6) is 0 Å². The zero-order chi connectivity index (χ0) is 40.1. The van der Waals surface area contributed by atoms with Crippen LogP contribution in [0.15, 0.2) is 59.0 Å². The number of ether oxygens (including phenoxy) is 3. The van der Waals surface area contributed by atoms with E-state index in [4.69, 9.17) is 23.6 Å². The van der Waals surface area contributed by atoms with E-state index >= 15 is 0 Å². The lowest BCUT2D eigenvalue weighted by Crippen LogP contribution is -2.46. The molecule has 1 aliphatic rings. The Hall–Kier alpha value is -5.61. The number of carbonyl (C=O) groups excluding carboxylic acids is 3. The van der Waals surface area contributed by atoms with Crippen LogP contribution in [0.4, 0.5) is 18.0 Å². The van der Waals surface area contributed by atoms with E-state index in [1.54, 1.807) is 58.9 Å². The molecule has 0 unspecified atom stereocenters. The van der Waals surface area contributed by atoms with Gasteiger partial charge >= 0.3 is 12.1 Å². The van der Waals surface area contributed by atoms with E-state index in [9.17, 15) is 27.6 Å². The number of pyridine rings is 1. The van der Waals surface area contributed by atoms with Crippen LogP contribution in [-0.2, 0) is 33.6 Å². The topological polar surface area (TPSA) is 146 Å². The molecule has 5 aromatic rings. The van der Waals surface area contributed by atoms with Crippen LogP contribution in [0.1, 0.15) is 82.2 Å². The zero-order valence-electron chi connectivity index (χ0n) is 31.4. The number of esters is 1. The van der Waals surface area contributed by atoms with Crippen molar-refractivity contribution in [3.05, 3.63) is 111 Å². The standard InChI is InChI=1S/C40H40F3N5O7S/c1-6-53-38(50)34-33(30-15-16-31(56-30)36(49)44-20-24-9-13-26(42)27(43)19-24)32(37-47-46-22(2)54-37)28(14-10-23-7-11-25(41)12-8-23)45-35(34)29-21-52-18-17-48(29)39(51)55-40(3,4)5/h7-9,11-13,15-16,19,29H,6,10,14,17-18,20-21H2,1-5H3,(H,44,49)/t29-/m0/s1. The second-order valence-electron chi connectivity index (χ2n) is 13.9. The van der Waals surface area contributed by atoms with Gasteiger partial charge in [-0.25, -0.2) is 22.8 Å². The second kappa shape index (κ2) is 17.0. The number of morpholine rings is 1. The van der Waals surface area contributed by atoms with Crippen LogP contribution in [0.3, 0.4) is 0 Å². The fraction of sp³-hybridized carbons (Fsp3) is 0.350. The van der Waals surface area contributed by atoms with Crippen molar-refractivity contribution in [2.45, 2.75) is 65.6 Å². The fourth-order valence-electron chi connectivity index (χ4n) is 6.16. The Morgan fingerprint density at radius 2 is 1.71 bits per heavy atom. The molecule has 4 heterocycles. The van der Waals surface area contributed by atoms with E-state index in [1.165, 1.54) is 23.1 Å². The third kappa shape index (κ3) is 9.25. The van der Waals surface area contributed by atoms with E-state index in [2.05, 4.69) is 15.5 Å². The minimum Gasteiger partial charge on any atom is -0.462 e. The van der Waals surface area contributed by atoms with Crippen LogP contribution in [0.2, 0.25) is 0 Å². The van der Waals surface area contributed by atoms with E-state index in [0.29, 0.717) is 28.1 Å². The van der Waals surface area contributed by atoms with Crippen molar-refractivity contribution in [1.82, 2.24) is 25.4 Å². The van der Waals surface area contributed by atoms with Gasteiger partial charge in [-0.05, 0) is 88.1 Å². The molecule has 0 radical (unpaired) electrons. The van der Waals surface area contributed by atoms with Gasteiger partial charge in [0.05, 0.1) is 47.2 Å². The molecule has 16 heteroatoms. The number of carbonyl (C=O) groups is 3. The Bertz CT molecular complexity index is 2240. The normalized spacial score (nSPS) is 14.4. The van der Waals surface area contributed by atoms with Gasteiger partial charge in [-0.15, -0.1) is 21.5 Å². The van der Waals surface area contributed by atoms with Crippen molar-refractivity contribution in [2.24, 2.45) is 0 Å². The molecular weight excluding hydrogens is 752 g/mol. The molecule has 1 aliphatic heterocycles. The molecule has 1 saturated heterocycles. The monoisotopic (exact) mass is 791 g/mol. The molecule has 2 aromatic carbocycles. The number of nitrogens with one attached hydrogen (secondary N) is 1. The minimum atomic E-state index is -1.04. The van der Waals surface area contributed by atoms with Crippen molar-refractivity contribution in [2.75, 3.05) is 26.4 Å². The van der Waals surface area contributed by atoms with Crippen LogP contribution in [0.25, 0.3) is 21.9 Å². The third-order valence-electron chi connectivity index (χ3n) is 8.67. The van der Waals surface area contributed by atoms with E-state index < -0.39 is 41.2 Å². The Morgan fingerprint density at radius 1 is 0.964 bits per heavy atom. The van der Waals surface area contributed by atoms with Crippen LogP contribution < -0.4 is 5.32 Å². The number of hydrogen-bond donors (Lipinski definition) is 1. The maximum atomic E-state index is 14.3. The van der Waals surface area contributed by atoms with Crippen molar-refractivity contribution >= 4 is 29.3 Å². The highest BCUT2D eigenvalue weighted by atomic mass is 32.1. The molecule has 3 aromatic heterocycles. The Kier molecular flexibility index (Phi) is 12.2. The van der Waals surface area contributed by atoms with Crippen molar-refractivity contribution in [1.29, 1.82) is 0 Å². The molecule has 294 valence electrons. The number of rotatable bonds is 11. The highest BCUT2D eigenvalue weighted by Gasteiger charge is 2.39. The second-order valence-corrected chi connectivity index (χ2v) is 15.0. The minimum absolute atomic E-state index is 0.00193. The molecule has 0 saturated carbocycles. The number of aromatic nitrogens is 3. The summed E-state index contributed by atoms with van der Waals surface area (Å²) in [5.41, 5.74) is 1.44. The third-order valence-corrected chi connectivity index (χ3v) is 9.77. The van der Waals surface area contributed by atoms with E-state index in [1.807, 2.05) is 0 Å². The highest BCUT2D eigenvalue weighted by Crippen LogP contribution is 2.44. The number of nitrogens with zero attached hydrogens (tertiary/aromatic N) is 4. The summed E-state index contributed by atoms with van der Waals surface area (Å²) < 4.78 is 64.5.